The van der Waals surface area contributed by atoms with Crippen LogP contribution in [-0.4, -0.2) is 27.6 Å². The number of terminal acetylenes is 1. The molecular weight excluding hydrogens is 200 g/mol. The molecule has 0 aromatic heterocycles. The summed E-state index contributed by atoms with van der Waals surface area (Å²) >= 11 is 0. The highest BCUT2D eigenvalue weighted by atomic mass is 28.1. The molecule has 3 radical (unpaired) electrons. The molecule has 1 heterocycles. The molecule has 5 heteroatoms. The number of hydrogen-bond acceptors (Lipinski definition) is 4. The van der Waals surface area contributed by atoms with Crippen molar-refractivity contribution in [3.05, 3.63) is 0 Å². The maximum absolute atomic E-state index is 11.1. The minimum absolute atomic E-state index is 0.241. The van der Waals surface area contributed by atoms with Crippen LogP contribution >= 0.6 is 0 Å². The van der Waals surface area contributed by atoms with Crippen LogP contribution in [0.4, 0.5) is 0 Å². The normalized spacial score (nSPS) is 22.0. The maximum atomic E-state index is 11.1. The second-order valence-corrected chi connectivity index (χ2v) is 3.57. The first-order chi connectivity index (χ1) is 6.56. The first-order valence-electron chi connectivity index (χ1n) is 4.22. The minimum Gasteiger partial charge on any atom is -0.416 e. The van der Waals surface area contributed by atoms with Crippen molar-refractivity contribution in [2.75, 3.05) is 0 Å². The minimum atomic E-state index is -1.74. The summed E-state index contributed by atoms with van der Waals surface area (Å²) in [5.41, 5.74) is -1.74. The van der Waals surface area contributed by atoms with Crippen molar-refractivity contribution in [1.29, 1.82) is 0 Å². The van der Waals surface area contributed by atoms with Gasteiger partial charge < -0.3 is 9.47 Å². The highest BCUT2D eigenvalue weighted by Crippen LogP contribution is 2.15. The monoisotopic (exact) mass is 209 g/mol. The zero-order valence-corrected chi connectivity index (χ0v) is 8.54. The van der Waals surface area contributed by atoms with E-state index in [0.29, 0.717) is 12.8 Å². The van der Waals surface area contributed by atoms with Gasteiger partial charge >= 0.3 is 11.9 Å². The van der Waals surface area contributed by atoms with Crippen molar-refractivity contribution in [2.24, 2.45) is 0 Å². The Bertz CT molecular complexity index is 272. The molecule has 1 aliphatic rings. The summed E-state index contributed by atoms with van der Waals surface area (Å²) in [6.07, 6.45) is 6.76. The molecule has 0 spiro atoms. The molecule has 4 nitrogen and oxygen atoms in total. The summed E-state index contributed by atoms with van der Waals surface area (Å²) in [6, 6.07) is 0. The van der Waals surface area contributed by atoms with E-state index in [0.717, 1.165) is 0 Å². The lowest BCUT2D eigenvalue weighted by Crippen LogP contribution is -2.38. The first kappa shape index (κ1) is 10.8. The molecule has 1 fully saturated rings. The van der Waals surface area contributed by atoms with Crippen molar-refractivity contribution >= 4 is 22.2 Å². The van der Waals surface area contributed by atoms with E-state index in [1.54, 1.807) is 0 Å². The molecule has 0 N–H and O–H groups in total. The lowest BCUT2D eigenvalue weighted by atomic mass is 10.2. The van der Waals surface area contributed by atoms with Crippen LogP contribution in [0.1, 0.15) is 25.7 Å². The fourth-order valence-electron chi connectivity index (χ4n) is 1.04. The van der Waals surface area contributed by atoms with Crippen LogP contribution in [-0.2, 0) is 19.1 Å². The second kappa shape index (κ2) is 4.29. The third-order valence-corrected chi connectivity index (χ3v) is 2.07. The summed E-state index contributed by atoms with van der Waals surface area (Å²) in [4.78, 5) is 22.3. The van der Waals surface area contributed by atoms with Gasteiger partial charge in [0.1, 0.15) is 0 Å². The molecule has 0 atom stereocenters. The maximum Gasteiger partial charge on any atom is 0.309 e. The average Bonchev–Trinajstić information content (AvgIpc) is 2.16. The molecule has 0 aliphatic carbocycles. The lowest BCUT2D eigenvalue weighted by molar-refractivity contribution is -0.186. The van der Waals surface area contributed by atoms with Crippen molar-refractivity contribution in [1.82, 2.24) is 0 Å². The topological polar surface area (TPSA) is 52.6 Å². The summed E-state index contributed by atoms with van der Waals surface area (Å²) in [5.74, 6) is 1.11. The third kappa shape index (κ3) is 2.89. The van der Waals surface area contributed by atoms with Crippen molar-refractivity contribution in [2.45, 2.75) is 31.1 Å². The third-order valence-electron chi connectivity index (χ3n) is 1.72. The van der Waals surface area contributed by atoms with Gasteiger partial charge in [0.2, 0.25) is 0 Å². The summed E-state index contributed by atoms with van der Waals surface area (Å²) in [7, 11) is 2.93. The Morgan fingerprint density at radius 2 is 1.64 bits per heavy atom. The summed E-state index contributed by atoms with van der Waals surface area (Å²) < 4.78 is 9.55. The average molecular weight is 209 g/mol. The summed E-state index contributed by atoms with van der Waals surface area (Å²) in [6.45, 7) is 0. The molecule has 1 aliphatic heterocycles. The number of rotatable bonds is 0. The molecule has 0 aromatic carbocycles. The number of esters is 2. The molecular formula is C9H9O4Si. The van der Waals surface area contributed by atoms with Gasteiger partial charge in [-0.05, 0) is 18.8 Å². The Balaban J connectivity index is 2.77. The van der Waals surface area contributed by atoms with Gasteiger partial charge in [0.05, 0.1) is 0 Å². The van der Waals surface area contributed by atoms with E-state index in [1.165, 1.54) is 0 Å². The molecule has 0 aromatic rings. The quantitative estimate of drug-likeness (QED) is 0.322. The van der Waals surface area contributed by atoms with Gasteiger partial charge in [-0.2, -0.15) is 0 Å². The van der Waals surface area contributed by atoms with E-state index in [4.69, 9.17) is 15.9 Å². The Hall–Kier alpha value is -1.28. The number of hydrogen-bond donors (Lipinski definition) is 0. The molecule has 0 saturated carbocycles. The van der Waals surface area contributed by atoms with E-state index >= 15 is 0 Å². The molecule has 0 bridgehead atoms. The van der Waals surface area contributed by atoms with Gasteiger partial charge in [-0.15, -0.1) is 6.42 Å². The van der Waals surface area contributed by atoms with Crippen molar-refractivity contribution in [3.8, 4) is 12.3 Å². The van der Waals surface area contributed by atoms with E-state index < -0.39 is 17.3 Å². The zero-order valence-electron chi connectivity index (χ0n) is 7.54. The van der Waals surface area contributed by atoms with E-state index in [1.807, 2.05) is 0 Å². The number of carbonyl (C=O) groups excluding carboxylic acids is 2. The smallest absolute Gasteiger partial charge is 0.309 e. The van der Waals surface area contributed by atoms with Crippen LogP contribution in [0.2, 0.25) is 0 Å². The van der Waals surface area contributed by atoms with Gasteiger partial charge in [-0.3, -0.25) is 9.59 Å². The molecule has 0 amide bonds. The molecule has 14 heavy (non-hydrogen) atoms. The number of carbonyl (C=O) groups is 2. The fourth-order valence-corrected chi connectivity index (χ4v) is 1.27. The molecule has 0 unspecified atom stereocenters. The Labute approximate surface area is 85.4 Å². The van der Waals surface area contributed by atoms with Crippen LogP contribution in [0.25, 0.3) is 0 Å². The van der Waals surface area contributed by atoms with Gasteiger partial charge in [-0.25, -0.2) is 0 Å². The Morgan fingerprint density at radius 3 is 2.00 bits per heavy atom. The zero-order chi connectivity index (χ0) is 10.6. The van der Waals surface area contributed by atoms with E-state index in [2.05, 4.69) is 16.2 Å². The van der Waals surface area contributed by atoms with Crippen LogP contribution in [0.5, 0.6) is 0 Å². The van der Waals surface area contributed by atoms with Gasteiger partial charge in [-0.1, -0.05) is 0 Å². The van der Waals surface area contributed by atoms with Crippen molar-refractivity contribution < 1.29 is 19.1 Å². The molecule has 1 rings (SSSR count). The van der Waals surface area contributed by atoms with Gasteiger partial charge in [0.25, 0.3) is 5.41 Å². The number of cyclic esters (lactones) is 2. The lowest BCUT2D eigenvalue weighted by Gasteiger charge is -2.22. The van der Waals surface area contributed by atoms with E-state index in [9.17, 15) is 9.59 Å². The summed E-state index contributed by atoms with van der Waals surface area (Å²) in [5, 5.41) is 0. The van der Waals surface area contributed by atoms with Crippen LogP contribution in [0, 0.1) is 12.3 Å². The van der Waals surface area contributed by atoms with Crippen molar-refractivity contribution in [3.63, 3.8) is 0 Å². The first-order valence-corrected chi connectivity index (χ1v) is 4.72. The SMILES string of the molecule is C#CC1([Si])OC(=O)CCCCC(=O)O1. The fraction of sp³-hybridized carbons (Fsp3) is 0.556. The predicted molar refractivity (Wildman–Crippen MR) is 48.0 cm³/mol. The second-order valence-electron chi connectivity index (χ2n) is 2.92. The molecule has 1 saturated heterocycles. The predicted octanol–water partition coefficient (Wildman–Crippen LogP) is 0.102. The Kier molecular flexibility index (Phi) is 3.31. The highest BCUT2D eigenvalue weighted by Gasteiger charge is 2.31. The van der Waals surface area contributed by atoms with Crippen LogP contribution in [0.15, 0.2) is 0 Å². The largest absolute Gasteiger partial charge is 0.416 e. The molecule has 73 valence electrons. The van der Waals surface area contributed by atoms with Crippen LogP contribution < -0.4 is 0 Å². The van der Waals surface area contributed by atoms with Gasteiger partial charge in [0.15, 0.2) is 10.2 Å². The van der Waals surface area contributed by atoms with Gasteiger partial charge in [0, 0.05) is 12.8 Å². The highest BCUT2D eigenvalue weighted by molar-refractivity contribution is 6.17. The number of ether oxygens (including phenoxy) is 2. The van der Waals surface area contributed by atoms with Crippen LogP contribution in [0.3, 0.4) is 0 Å². The van der Waals surface area contributed by atoms with E-state index in [-0.39, 0.29) is 12.8 Å². The standard InChI is InChI=1S/C9H9O4Si/c1-2-9(14)12-7(10)5-3-4-6-8(11)13-9/h1H,3-6H2. The Morgan fingerprint density at radius 1 is 1.21 bits per heavy atom.